The first-order chi connectivity index (χ1) is 8.04. The molecule has 1 aromatic carbocycles. The van der Waals surface area contributed by atoms with Gasteiger partial charge in [-0.15, -0.1) is 0 Å². The molecule has 3 nitrogen and oxygen atoms in total. The van der Waals surface area contributed by atoms with E-state index in [-0.39, 0.29) is 5.91 Å². The van der Waals surface area contributed by atoms with Crippen molar-refractivity contribution in [3.8, 4) is 0 Å². The molecule has 0 radical (unpaired) electrons. The van der Waals surface area contributed by atoms with Gasteiger partial charge >= 0.3 is 0 Å². The number of carbonyl (C=O) groups is 1. The number of nitrogens with one attached hydrogen (secondary N) is 1. The van der Waals surface area contributed by atoms with Crippen LogP contribution in [0.2, 0.25) is 0 Å². The summed E-state index contributed by atoms with van der Waals surface area (Å²) in [5, 5.41) is 2.87. The molecular weight excluding hydrogens is 280 g/mol. The Hall–Kier alpha value is -0.870. The van der Waals surface area contributed by atoms with Crippen LogP contribution in [0, 0.1) is 6.92 Å². The molecule has 1 N–H and O–H groups in total. The molecule has 94 valence electrons. The molecule has 0 aliphatic rings. The molecule has 1 aromatic rings. The number of likely N-dealkylation sites (N-methyl/N-ethyl adjacent to an activating group) is 2. The number of hydrogen-bond donors (Lipinski definition) is 1. The van der Waals surface area contributed by atoms with Crippen molar-refractivity contribution >= 4 is 21.8 Å². The zero-order valence-electron chi connectivity index (χ0n) is 10.6. The fourth-order valence-electron chi connectivity index (χ4n) is 1.61. The van der Waals surface area contributed by atoms with Gasteiger partial charge in [-0.25, -0.2) is 0 Å². The summed E-state index contributed by atoms with van der Waals surface area (Å²) in [5.74, 6) is 0.125. The first kappa shape index (κ1) is 14.2. The Balaban J connectivity index is 2.55. The molecular formula is C13H19BrN2O. The lowest BCUT2D eigenvalue weighted by Gasteiger charge is -2.17. The Bertz CT molecular complexity index is 393. The normalized spacial score (nSPS) is 10.4. The number of aryl methyl sites for hydroxylation is 1. The zero-order chi connectivity index (χ0) is 12.8. The van der Waals surface area contributed by atoms with Gasteiger partial charge in [0.05, 0.1) is 6.54 Å². The number of halogens is 1. The fourth-order valence-corrected chi connectivity index (χ4v) is 2.02. The highest BCUT2D eigenvalue weighted by atomic mass is 79.9. The van der Waals surface area contributed by atoms with Gasteiger partial charge in [-0.2, -0.15) is 0 Å². The molecule has 0 aliphatic heterocycles. The number of hydrogen-bond acceptors (Lipinski definition) is 2. The molecule has 0 aromatic heterocycles. The third-order valence-electron chi connectivity index (χ3n) is 2.78. The van der Waals surface area contributed by atoms with E-state index < -0.39 is 0 Å². The summed E-state index contributed by atoms with van der Waals surface area (Å²) in [5.41, 5.74) is 2.55. The topological polar surface area (TPSA) is 32.3 Å². The summed E-state index contributed by atoms with van der Waals surface area (Å²) >= 11 is 3.47. The molecule has 1 rings (SSSR count). The quantitative estimate of drug-likeness (QED) is 0.901. The van der Waals surface area contributed by atoms with Gasteiger partial charge in [0, 0.05) is 18.1 Å². The summed E-state index contributed by atoms with van der Waals surface area (Å²) in [7, 11) is 3.62. The van der Waals surface area contributed by atoms with Crippen LogP contribution in [0.4, 0.5) is 0 Å². The van der Waals surface area contributed by atoms with Crippen LogP contribution in [-0.4, -0.2) is 38.0 Å². The van der Waals surface area contributed by atoms with E-state index in [1.165, 1.54) is 11.1 Å². The molecule has 0 unspecified atom stereocenters. The van der Waals surface area contributed by atoms with Crippen molar-refractivity contribution in [2.45, 2.75) is 13.3 Å². The first-order valence-corrected chi connectivity index (χ1v) is 6.47. The Morgan fingerprint density at radius 2 is 2.18 bits per heavy atom. The van der Waals surface area contributed by atoms with Crippen molar-refractivity contribution in [1.29, 1.82) is 0 Å². The van der Waals surface area contributed by atoms with E-state index in [4.69, 9.17) is 0 Å². The minimum Gasteiger partial charge on any atom is -0.344 e. The van der Waals surface area contributed by atoms with Gasteiger partial charge in [-0.05, 0) is 43.7 Å². The van der Waals surface area contributed by atoms with Crippen LogP contribution in [0.3, 0.4) is 0 Å². The second-order valence-corrected chi connectivity index (χ2v) is 5.08. The molecule has 0 aliphatic carbocycles. The SMILES string of the molecule is CNCC(=O)N(C)CCc1cc(Br)ccc1C. The van der Waals surface area contributed by atoms with Gasteiger partial charge in [0.2, 0.25) is 5.91 Å². The van der Waals surface area contributed by atoms with E-state index in [9.17, 15) is 4.79 Å². The van der Waals surface area contributed by atoms with Gasteiger partial charge in [-0.3, -0.25) is 4.79 Å². The van der Waals surface area contributed by atoms with Crippen LogP contribution >= 0.6 is 15.9 Å². The van der Waals surface area contributed by atoms with Crippen LogP contribution < -0.4 is 5.32 Å². The minimum atomic E-state index is 0.125. The summed E-state index contributed by atoms with van der Waals surface area (Å²) in [6.07, 6.45) is 0.886. The molecule has 0 spiro atoms. The number of carbonyl (C=O) groups excluding carboxylic acids is 1. The highest BCUT2D eigenvalue weighted by Gasteiger charge is 2.08. The predicted molar refractivity (Wildman–Crippen MR) is 74.1 cm³/mol. The Labute approximate surface area is 111 Å². The van der Waals surface area contributed by atoms with Crippen molar-refractivity contribution in [2.24, 2.45) is 0 Å². The second-order valence-electron chi connectivity index (χ2n) is 4.17. The maximum atomic E-state index is 11.6. The summed E-state index contributed by atoms with van der Waals surface area (Å²) in [6, 6.07) is 6.25. The van der Waals surface area contributed by atoms with E-state index in [0.29, 0.717) is 6.54 Å². The van der Waals surface area contributed by atoms with E-state index in [1.54, 1.807) is 11.9 Å². The Kier molecular flexibility index (Phi) is 5.65. The van der Waals surface area contributed by atoms with Gasteiger partial charge in [0.15, 0.2) is 0 Å². The van der Waals surface area contributed by atoms with Gasteiger partial charge < -0.3 is 10.2 Å². The average molecular weight is 299 g/mol. The van der Waals surface area contributed by atoms with Crippen LogP contribution in [0.1, 0.15) is 11.1 Å². The van der Waals surface area contributed by atoms with Crippen molar-refractivity contribution in [1.82, 2.24) is 10.2 Å². The molecule has 0 saturated heterocycles. The highest BCUT2D eigenvalue weighted by molar-refractivity contribution is 9.10. The van der Waals surface area contributed by atoms with E-state index >= 15 is 0 Å². The second kappa shape index (κ2) is 6.77. The molecule has 0 atom stereocenters. The minimum absolute atomic E-state index is 0.125. The lowest BCUT2D eigenvalue weighted by Crippen LogP contribution is -2.35. The van der Waals surface area contributed by atoms with Crippen LogP contribution in [0.15, 0.2) is 22.7 Å². The molecule has 1 amide bonds. The van der Waals surface area contributed by atoms with Crippen LogP contribution in [-0.2, 0) is 11.2 Å². The van der Waals surface area contributed by atoms with Crippen molar-refractivity contribution in [3.05, 3.63) is 33.8 Å². The lowest BCUT2D eigenvalue weighted by molar-refractivity contribution is -0.128. The third kappa shape index (κ3) is 4.48. The molecule has 0 fully saturated rings. The third-order valence-corrected chi connectivity index (χ3v) is 3.27. The van der Waals surface area contributed by atoms with Crippen molar-refractivity contribution in [2.75, 3.05) is 27.2 Å². The Morgan fingerprint density at radius 3 is 2.82 bits per heavy atom. The molecule has 0 heterocycles. The van der Waals surface area contributed by atoms with E-state index in [2.05, 4.69) is 40.3 Å². The van der Waals surface area contributed by atoms with Crippen LogP contribution in [0.25, 0.3) is 0 Å². The van der Waals surface area contributed by atoms with E-state index in [0.717, 1.165) is 17.4 Å². The summed E-state index contributed by atoms with van der Waals surface area (Å²) in [4.78, 5) is 13.3. The van der Waals surface area contributed by atoms with E-state index in [1.807, 2.05) is 13.1 Å². The summed E-state index contributed by atoms with van der Waals surface area (Å²) < 4.78 is 1.09. The average Bonchev–Trinajstić information content (AvgIpc) is 2.30. The lowest BCUT2D eigenvalue weighted by atomic mass is 10.1. The Morgan fingerprint density at radius 1 is 1.47 bits per heavy atom. The predicted octanol–water partition coefficient (Wildman–Crippen LogP) is 1.98. The number of rotatable bonds is 5. The summed E-state index contributed by atoms with van der Waals surface area (Å²) in [6.45, 7) is 3.24. The smallest absolute Gasteiger partial charge is 0.236 e. The molecule has 4 heteroatoms. The first-order valence-electron chi connectivity index (χ1n) is 5.68. The number of nitrogens with zero attached hydrogens (tertiary/aromatic N) is 1. The number of benzene rings is 1. The fraction of sp³-hybridized carbons (Fsp3) is 0.462. The van der Waals surface area contributed by atoms with Gasteiger partial charge in [0.25, 0.3) is 0 Å². The highest BCUT2D eigenvalue weighted by Crippen LogP contribution is 2.16. The van der Waals surface area contributed by atoms with Crippen molar-refractivity contribution in [3.63, 3.8) is 0 Å². The zero-order valence-corrected chi connectivity index (χ0v) is 12.2. The largest absolute Gasteiger partial charge is 0.344 e. The maximum absolute atomic E-state index is 11.6. The van der Waals surface area contributed by atoms with Crippen LogP contribution in [0.5, 0.6) is 0 Å². The molecule has 0 bridgehead atoms. The standard InChI is InChI=1S/C13H19BrN2O/c1-10-4-5-12(14)8-11(10)6-7-16(3)13(17)9-15-2/h4-5,8,15H,6-7,9H2,1-3H3. The van der Waals surface area contributed by atoms with Gasteiger partial charge in [-0.1, -0.05) is 22.0 Å². The van der Waals surface area contributed by atoms with Gasteiger partial charge in [0.1, 0.15) is 0 Å². The van der Waals surface area contributed by atoms with Crippen molar-refractivity contribution < 1.29 is 4.79 Å². The maximum Gasteiger partial charge on any atom is 0.236 e. The number of amides is 1. The monoisotopic (exact) mass is 298 g/mol. The molecule has 17 heavy (non-hydrogen) atoms. The molecule has 0 saturated carbocycles.